The van der Waals surface area contributed by atoms with E-state index in [0.717, 1.165) is 17.0 Å². The average molecular weight is 374 g/mol. The largest absolute Gasteiger partial charge is 0.326 e. The summed E-state index contributed by atoms with van der Waals surface area (Å²) in [4.78, 5) is 47.2. The third-order valence-corrected chi connectivity index (χ3v) is 5.19. The Morgan fingerprint density at radius 2 is 2.08 bits per heavy atom. The molecule has 136 valence electrons. The van der Waals surface area contributed by atoms with Gasteiger partial charge in [0.25, 0.3) is 5.91 Å². The van der Waals surface area contributed by atoms with Crippen LogP contribution in [0.5, 0.6) is 0 Å². The summed E-state index contributed by atoms with van der Waals surface area (Å²) in [6, 6.07) is 6.19. The minimum atomic E-state index is -1.18. The van der Waals surface area contributed by atoms with Gasteiger partial charge in [-0.15, -0.1) is 0 Å². The van der Waals surface area contributed by atoms with Gasteiger partial charge in [0.15, 0.2) is 0 Å². The normalized spacial score (nSPS) is 19.2. The first kappa shape index (κ1) is 17.9. The first-order valence-corrected chi connectivity index (χ1v) is 8.86. The number of nitrogens with one attached hydrogen (secondary N) is 3. The van der Waals surface area contributed by atoms with Crippen LogP contribution < -0.4 is 20.8 Å². The van der Waals surface area contributed by atoms with Crippen molar-refractivity contribution in [2.75, 3.05) is 5.32 Å². The van der Waals surface area contributed by atoms with Crippen LogP contribution in [0, 0.1) is 6.92 Å². The minimum absolute atomic E-state index is 0.0896. The summed E-state index contributed by atoms with van der Waals surface area (Å²) >= 11 is 1.11. The van der Waals surface area contributed by atoms with Crippen LogP contribution in [-0.2, 0) is 21.7 Å². The third-order valence-electron chi connectivity index (χ3n) is 4.31. The highest BCUT2D eigenvalue weighted by atomic mass is 32.1. The monoisotopic (exact) mass is 374 g/mol. The number of carbonyl (C=O) groups excluding carboxylic acids is 3. The lowest BCUT2D eigenvalue weighted by Crippen LogP contribution is -2.40. The van der Waals surface area contributed by atoms with Crippen molar-refractivity contribution in [3.05, 3.63) is 50.6 Å². The molecule has 0 unspecified atom stereocenters. The van der Waals surface area contributed by atoms with Crippen molar-refractivity contribution in [3.63, 3.8) is 0 Å². The molecule has 26 heavy (non-hydrogen) atoms. The molecule has 1 aliphatic heterocycles. The molecule has 1 fully saturated rings. The SMILES string of the molecule is Cc1csc(=O)n1CCC(=O)Nc1cccc([C@@]2(C)NC(=O)NC2=O)c1. The predicted molar refractivity (Wildman–Crippen MR) is 97.0 cm³/mol. The van der Waals surface area contributed by atoms with Crippen LogP contribution >= 0.6 is 11.3 Å². The van der Waals surface area contributed by atoms with Crippen molar-refractivity contribution < 1.29 is 14.4 Å². The zero-order chi connectivity index (χ0) is 18.9. The van der Waals surface area contributed by atoms with E-state index in [1.807, 2.05) is 6.92 Å². The molecular weight excluding hydrogens is 356 g/mol. The van der Waals surface area contributed by atoms with E-state index in [2.05, 4.69) is 16.0 Å². The molecule has 8 nitrogen and oxygen atoms in total. The summed E-state index contributed by atoms with van der Waals surface area (Å²) < 4.78 is 1.56. The Balaban J connectivity index is 1.69. The number of aromatic nitrogens is 1. The molecule has 2 aromatic rings. The molecule has 1 atom stereocenters. The van der Waals surface area contributed by atoms with Crippen molar-refractivity contribution in [1.82, 2.24) is 15.2 Å². The van der Waals surface area contributed by atoms with Gasteiger partial charge in [-0.2, -0.15) is 0 Å². The van der Waals surface area contributed by atoms with Gasteiger partial charge in [-0.25, -0.2) is 4.79 Å². The number of anilines is 1. The van der Waals surface area contributed by atoms with E-state index in [0.29, 0.717) is 17.8 Å². The van der Waals surface area contributed by atoms with Crippen LogP contribution in [0.4, 0.5) is 10.5 Å². The van der Waals surface area contributed by atoms with Crippen molar-refractivity contribution in [2.24, 2.45) is 0 Å². The van der Waals surface area contributed by atoms with Crippen molar-refractivity contribution >= 4 is 34.9 Å². The number of imide groups is 1. The zero-order valence-electron chi connectivity index (χ0n) is 14.3. The number of aryl methyl sites for hydroxylation is 1. The predicted octanol–water partition coefficient (Wildman–Crippen LogP) is 1.30. The highest BCUT2D eigenvalue weighted by molar-refractivity contribution is 7.07. The fourth-order valence-electron chi connectivity index (χ4n) is 2.77. The molecule has 3 rings (SSSR count). The fourth-order valence-corrected chi connectivity index (χ4v) is 3.53. The highest BCUT2D eigenvalue weighted by Crippen LogP contribution is 2.26. The number of carbonyl (C=O) groups is 3. The molecule has 0 saturated carbocycles. The first-order chi connectivity index (χ1) is 12.3. The average Bonchev–Trinajstić information content (AvgIpc) is 3.04. The molecule has 0 radical (unpaired) electrons. The lowest BCUT2D eigenvalue weighted by atomic mass is 9.92. The number of benzene rings is 1. The van der Waals surface area contributed by atoms with Crippen LogP contribution in [0.1, 0.15) is 24.6 Å². The maximum absolute atomic E-state index is 12.2. The Morgan fingerprint density at radius 1 is 1.31 bits per heavy atom. The van der Waals surface area contributed by atoms with Crippen molar-refractivity contribution in [2.45, 2.75) is 32.4 Å². The highest BCUT2D eigenvalue weighted by Gasteiger charge is 2.43. The molecule has 1 aromatic carbocycles. The molecule has 4 amide bonds. The van der Waals surface area contributed by atoms with Gasteiger partial charge in [0.2, 0.25) is 5.91 Å². The molecule has 0 bridgehead atoms. The van der Waals surface area contributed by atoms with Gasteiger partial charge in [-0.1, -0.05) is 23.5 Å². The summed E-state index contributed by atoms with van der Waals surface area (Å²) in [5, 5.41) is 9.30. The summed E-state index contributed by atoms with van der Waals surface area (Å²) in [6.07, 6.45) is 0.149. The van der Waals surface area contributed by atoms with E-state index in [9.17, 15) is 19.2 Å². The van der Waals surface area contributed by atoms with Gasteiger partial charge < -0.3 is 15.2 Å². The molecule has 2 heterocycles. The molecule has 9 heteroatoms. The smallest absolute Gasteiger partial charge is 0.322 e. The molecule has 3 N–H and O–H groups in total. The van der Waals surface area contributed by atoms with Gasteiger partial charge >= 0.3 is 10.9 Å². The second-order valence-electron chi connectivity index (χ2n) is 6.21. The maximum atomic E-state index is 12.2. The topological polar surface area (TPSA) is 109 Å². The van der Waals surface area contributed by atoms with E-state index < -0.39 is 17.5 Å². The van der Waals surface area contributed by atoms with Crippen molar-refractivity contribution in [1.29, 1.82) is 0 Å². The first-order valence-electron chi connectivity index (χ1n) is 7.98. The summed E-state index contributed by atoms with van der Waals surface area (Å²) in [5.41, 5.74) is 0.713. The second kappa shape index (κ2) is 6.75. The lowest BCUT2D eigenvalue weighted by Gasteiger charge is -2.21. The quantitative estimate of drug-likeness (QED) is 0.685. The van der Waals surface area contributed by atoms with Crippen LogP contribution in [0.15, 0.2) is 34.4 Å². The number of hydrogen-bond acceptors (Lipinski definition) is 5. The van der Waals surface area contributed by atoms with Gasteiger partial charge in [-0.05, 0) is 31.5 Å². The standard InChI is InChI=1S/C17H18N4O4S/c1-10-9-26-16(25)21(10)7-6-13(22)18-12-5-3-4-11(8-12)17(2)14(23)19-15(24)20-17/h3-5,8-9H,6-7H2,1-2H3,(H,18,22)(H2,19,20,23,24)/t17-/m1/s1. The van der Waals surface area contributed by atoms with Crippen LogP contribution in [0.2, 0.25) is 0 Å². The van der Waals surface area contributed by atoms with Gasteiger partial charge in [-0.3, -0.25) is 19.7 Å². The summed E-state index contributed by atoms with van der Waals surface area (Å²) in [5.74, 6) is -0.692. The van der Waals surface area contributed by atoms with Gasteiger partial charge in [0.05, 0.1) is 0 Å². The zero-order valence-corrected chi connectivity index (χ0v) is 15.1. The van der Waals surface area contributed by atoms with Crippen LogP contribution in [0.25, 0.3) is 0 Å². The number of hydrogen-bond donors (Lipinski definition) is 3. The molecule has 0 spiro atoms. The van der Waals surface area contributed by atoms with E-state index in [1.165, 1.54) is 0 Å². The molecule has 1 aliphatic rings. The Kier molecular flexibility index (Phi) is 4.64. The Bertz CT molecular complexity index is 948. The van der Waals surface area contributed by atoms with E-state index >= 15 is 0 Å². The van der Waals surface area contributed by atoms with Gasteiger partial charge in [0.1, 0.15) is 5.54 Å². The fraction of sp³-hybridized carbons (Fsp3) is 0.294. The number of thiazole rings is 1. The van der Waals surface area contributed by atoms with Crippen molar-refractivity contribution in [3.8, 4) is 0 Å². The molecule has 1 saturated heterocycles. The number of nitrogens with zero attached hydrogens (tertiary/aromatic N) is 1. The second-order valence-corrected chi connectivity index (χ2v) is 7.03. The maximum Gasteiger partial charge on any atom is 0.322 e. The number of urea groups is 1. The molecule has 0 aliphatic carbocycles. The van der Waals surface area contributed by atoms with E-state index in [4.69, 9.17) is 0 Å². The van der Waals surface area contributed by atoms with Gasteiger partial charge in [0, 0.05) is 29.7 Å². The Labute approximate surface area is 153 Å². The number of rotatable bonds is 5. The Morgan fingerprint density at radius 3 is 2.69 bits per heavy atom. The lowest BCUT2D eigenvalue weighted by molar-refractivity contribution is -0.123. The summed E-state index contributed by atoms with van der Waals surface area (Å²) in [7, 11) is 0. The molecule has 1 aromatic heterocycles. The minimum Gasteiger partial charge on any atom is -0.326 e. The number of amides is 4. The summed E-state index contributed by atoms with van der Waals surface area (Å²) in [6.45, 7) is 3.72. The molecular formula is C17H18N4O4S. The third kappa shape index (κ3) is 3.38. The Hall–Kier alpha value is -2.94. The van der Waals surface area contributed by atoms with Crippen LogP contribution in [-0.4, -0.2) is 22.4 Å². The van der Waals surface area contributed by atoms with Crippen LogP contribution in [0.3, 0.4) is 0 Å². The van der Waals surface area contributed by atoms with E-state index in [-0.39, 0.29) is 17.2 Å². The van der Waals surface area contributed by atoms with E-state index in [1.54, 1.807) is 41.1 Å².